The molecular formula is C13H15BrO3. The Balaban J connectivity index is 2.34. The van der Waals surface area contributed by atoms with Gasteiger partial charge in [0.2, 0.25) is 0 Å². The van der Waals surface area contributed by atoms with Crippen LogP contribution < -0.4 is 9.47 Å². The van der Waals surface area contributed by atoms with Gasteiger partial charge in [0.15, 0.2) is 11.5 Å². The van der Waals surface area contributed by atoms with E-state index in [2.05, 4.69) is 22.5 Å². The smallest absolute Gasteiger partial charge is 0.175 e. The van der Waals surface area contributed by atoms with E-state index in [1.54, 1.807) is 6.08 Å². The molecule has 1 aromatic rings. The number of rotatable bonds is 3. The Morgan fingerprint density at radius 2 is 2.18 bits per heavy atom. The van der Waals surface area contributed by atoms with Crippen molar-refractivity contribution in [2.75, 3.05) is 13.2 Å². The molecule has 1 aliphatic rings. The van der Waals surface area contributed by atoms with E-state index < -0.39 is 6.10 Å². The molecular weight excluding hydrogens is 284 g/mol. The molecule has 4 heteroatoms. The Morgan fingerprint density at radius 3 is 2.94 bits per heavy atom. The summed E-state index contributed by atoms with van der Waals surface area (Å²) in [7, 11) is 0. The molecule has 3 nitrogen and oxygen atoms in total. The van der Waals surface area contributed by atoms with Gasteiger partial charge in [0.05, 0.1) is 23.8 Å². The van der Waals surface area contributed by atoms with Gasteiger partial charge in [-0.2, -0.15) is 0 Å². The second kappa shape index (κ2) is 5.56. The van der Waals surface area contributed by atoms with E-state index in [0.29, 0.717) is 25.4 Å². The van der Waals surface area contributed by atoms with Crippen molar-refractivity contribution in [2.45, 2.75) is 18.9 Å². The molecule has 0 saturated carbocycles. The highest BCUT2D eigenvalue weighted by Gasteiger charge is 2.17. The highest BCUT2D eigenvalue weighted by Crippen LogP contribution is 2.39. The summed E-state index contributed by atoms with van der Waals surface area (Å²) < 4.78 is 12.0. The van der Waals surface area contributed by atoms with Gasteiger partial charge in [0, 0.05) is 6.42 Å². The van der Waals surface area contributed by atoms with Crippen LogP contribution in [0.1, 0.15) is 24.5 Å². The molecule has 0 aliphatic carbocycles. The standard InChI is InChI=1S/C13H15BrO3/c1-2-4-11(15)9-7-10(14)13-12(8-9)16-5-3-6-17-13/h2,7-8,11,15H,1,3-6H2. The maximum absolute atomic E-state index is 9.93. The topological polar surface area (TPSA) is 38.7 Å². The van der Waals surface area contributed by atoms with E-state index in [-0.39, 0.29) is 0 Å². The van der Waals surface area contributed by atoms with E-state index in [1.165, 1.54) is 0 Å². The van der Waals surface area contributed by atoms with Crippen LogP contribution in [-0.2, 0) is 0 Å². The zero-order chi connectivity index (χ0) is 12.3. The fourth-order valence-electron chi connectivity index (χ4n) is 1.74. The molecule has 0 amide bonds. The molecule has 0 spiro atoms. The van der Waals surface area contributed by atoms with Gasteiger partial charge in [-0.25, -0.2) is 0 Å². The van der Waals surface area contributed by atoms with Crippen LogP contribution in [-0.4, -0.2) is 18.3 Å². The largest absolute Gasteiger partial charge is 0.490 e. The maximum atomic E-state index is 9.93. The van der Waals surface area contributed by atoms with Crippen LogP contribution in [0.25, 0.3) is 0 Å². The number of benzene rings is 1. The summed E-state index contributed by atoms with van der Waals surface area (Å²) in [5.74, 6) is 1.41. The normalized spacial score (nSPS) is 16.1. The van der Waals surface area contributed by atoms with Gasteiger partial charge in [-0.3, -0.25) is 0 Å². The average molecular weight is 299 g/mol. The third-order valence-corrected chi connectivity index (χ3v) is 3.19. The van der Waals surface area contributed by atoms with E-state index in [0.717, 1.165) is 22.2 Å². The monoisotopic (exact) mass is 298 g/mol. The molecule has 1 unspecified atom stereocenters. The van der Waals surface area contributed by atoms with Crippen molar-refractivity contribution in [3.8, 4) is 11.5 Å². The third-order valence-electron chi connectivity index (χ3n) is 2.60. The third kappa shape index (κ3) is 2.82. The van der Waals surface area contributed by atoms with Crippen LogP contribution in [0.4, 0.5) is 0 Å². The predicted octanol–water partition coefficient (Wildman–Crippen LogP) is 3.22. The lowest BCUT2D eigenvalue weighted by molar-refractivity contribution is 0.181. The van der Waals surface area contributed by atoms with Crippen molar-refractivity contribution in [1.29, 1.82) is 0 Å². The van der Waals surface area contributed by atoms with Crippen molar-refractivity contribution in [1.82, 2.24) is 0 Å². The molecule has 0 aromatic heterocycles. The highest BCUT2D eigenvalue weighted by atomic mass is 79.9. The molecule has 2 rings (SSSR count). The quantitative estimate of drug-likeness (QED) is 0.871. The molecule has 1 aliphatic heterocycles. The van der Waals surface area contributed by atoms with Gasteiger partial charge in [-0.15, -0.1) is 6.58 Å². The Labute approximate surface area is 109 Å². The van der Waals surface area contributed by atoms with Crippen LogP contribution in [0.2, 0.25) is 0 Å². The van der Waals surface area contributed by atoms with Crippen molar-refractivity contribution >= 4 is 15.9 Å². The Bertz CT molecular complexity index is 417. The fourth-order valence-corrected chi connectivity index (χ4v) is 2.31. The van der Waals surface area contributed by atoms with Crippen molar-refractivity contribution in [3.05, 3.63) is 34.8 Å². The first-order chi connectivity index (χ1) is 8.22. The molecule has 0 saturated heterocycles. The van der Waals surface area contributed by atoms with E-state index in [4.69, 9.17) is 9.47 Å². The summed E-state index contributed by atoms with van der Waals surface area (Å²) in [5, 5.41) is 9.93. The fraction of sp³-hybridized carbons (Fsp3) is 0.385. The van der Waals surface area contributed by atoms with Crippen molar-refractivity contribution in [2.24, 2.45) is 0 Å². The molecule has 0 radical (unpaired) electrons. The molecule has 1 atom stereocenters. The number of aliphatic hydroxyl groups is 1. The first-order valence-corrected chi connectivity index (χ1v) is 6.39. The van der Waals surface area contributed by atoms with Crippen LogP contribution in [0, 0.1) is 0 Å². The van der Waals surface area contributed by atoms with Gasteiger partial charge >= 0.3 is 0 Å². The molecule has 0 fully saturated rings. The van der Waals surface area contributed by atoms with Gasteiger partial charge in [-0.1, -0.05) is 6.08 Å². The number of hydrogen-bond acceptors (Lipinski definition) is 3. The van der Waals surface area contributed by atoms with Gasteiger partial charge < -0.3 is 14.6 Å². The average Bonchev–Trinajstić information content (AvgIpc) is 2.54. The minimum Gasteiger partial charge on any atom is -0.490 e. The van der Waals surface area contributed by atoms with Gasteiger partial charge in [0.1, 0.15) is 0 Å². The van der Waals surface area contributed by atoms with E-state index in [9.17, 15) is 5.11 Å². The predicted molar refractivity (Wildman–Crippen MR) is 69.5 cm³/mol. The van der Waals surface area contributed by atoms with Gasteiger partial charge in [0.25, 0.3) is 0 Å². The number of fused-ring (bicyclic) bond motifs is 1. The van der Waals surface area contributed by atoms with Crippen molar-refractivity contribution in [3.63, 3.8) is 0 Å². The molecule has 17 heavy (non-hydrogen) atoms. The van der Waals surface area contributed by atoms with Crippen LogP contribution in [0.3, 0.4) is 0 Å². The van der Waals surface area contributed by atoms with Crippen LogP contribution in [0.5, 0.6) is 11.5 Å². The number of hydrogen-bond donors (Lipinski definition) is 1. The van der Waals surface area contributed by atoms with E-state index in [1.807, 2.05) is 12.1 Å². The van der Waals surface area contributed by atoms with Crippen LogP contribution in [0.15, 0.2) is 29.3 Å². The number of aliphatic hydroxyl groups excluding tert-OH is 1. The highest BCUT2D eigenvalue weighted by molar-refractivity contribution is 9.10. The van der Waals surface area contributed by atoms with E-state index >= 15 is 0 Å². The lowest BCUT2D eigenvalue weighted by atomic mass is 10.1. The van der Waals surface area contributed by atoms with Gasteiger partial charge in [-0.05, 0) is 40.0 Å². The lowest BCUT2D eigenvalue weighted by Gasteiger charge is -2.14. The first-order valence-electron chi connectivity index (χ1n) is 5.60. The summed E-state index contributed by atoms with van der Waals surface area (Å²) in [5.41, 5.74) is 0.807. The summed E-state index contributed by atoms with van der Waals surface area (Å²) >= 11 is 3.45. The number of halogens is 1. The Morgan fingerprint density at radius 1 is 1.41 bits per heavy atom. The Hall–Kier alpha value is -1.00. The molecule has 0 bridgehead atoms. The summed E-state index contributed by atoms with van der Waals surface area (Å²) in [4.78, 5) is 0. The summed E-state index contributed by atoms with van der Waals surface area (Å²) in [6, 6.07) is 3.70. The SMILES string of the molecule is C=CCC(O)c1cc(Br)c2c(c1)OCCCO2. The summed E-state index contributed by atoms with van der Waals surface area (Å²) in [6.45, 7) is 4.92. The number of ether oxygens (including phenoxy) is 2. The second-order valence-corrected chi connectivity index (χ2v) is 4.77. The molecule has 1 heterocycles. The maximum Gasteiger partial charge on any atom is 0.175 e. The minimum atomic E-state index is -0.555. The zero-order valence-corrected chi connectivity index (χ0v) is 11.1. The minimum absolute atomic E-state index is 0.520. The summed E-state index contributed by atoms with van der Waals surface area (Å²) in [6.07, 6.45) is 2.53. The second-order valence-electron chi connectivity index (χ2n) is 3.92. The molecule has 1 aromatic carbocycles. The van der Waals surface area contributed by atoms with Crippen LogP contribution >= 0.6 is 15.9 Å². The van der Waals surface area contributed by atoms with Crippen molar-refractivity contribution < 1.29 is 14.6 Å². The molecule has 1 N–H and O–H groups in total. The lowest BCUT2D eigenvalue weighted by Crippen LogP contribution is -1.99. The zero-order valence-electron chi connectivity index (χ0n) is 9.49. The Kier molecular flexibility index (Phi) is 4.07. The molecule has 92 valence electrons. The first kappa shape index (κ1) is 12.5.